The Hall–Kier alpha value is -3.98. The number of nitrogens with two attached hydrogens (primary N) is 1. The maximum absolute atomic E-state index is 13.2. The fourth-order valence-electron chi connectivity index (χ4n) is 3.58. The van der Waals surface area contributed by atoms with Gasteiger partial charge >= 0.3 is 6.18 Å². The van der Waals surface area contributed by atoms with E-state index in [0.29, 0.717) is 10.6 Å². The normalized spacial score (nSPS) is 11.5. The third-order valence-corrected chi connectivity index (χ3v) is 5.60. The molecule has 0 saturated carbocycles. The predicted molar refractivity (Wildman–Crippen MR) is 125 cm³/mol. The average Bonchev–Trinajstić information content (AvgIpc) is 3.21. The molecule has 1 amide bonds. The largest absolute Gasteiger partial charge is 0.506 e. The van der Waals surface area contributed by atoms with Crippen molar-refractivity contribution in [3.63, 3.8) is 0 Å². The maximum atomic E-state index is 13.2. The van der Waals surface area contributed by atoms with E-state index in [9.17, 15) is 23.1 Å². The molecule has 0 fully saturated rings. The Morgan fingerprint density at radius 3 is 2.31 bits per heavy atom. The SMILES string of the molecule is Cn1nc(C(F)(F)F)cc1-c1ccc(OCc2ccc(Cl)cc2)c(-c2ccc(C(N)=O)cc2)c1O. The van der Waals surface area contributed by atoms with Crippen molar-refractivity contribution in [1.29, 1.82) is 0 Å². The summed E-state index contributed by atoms with van der Waals surface area (Å²) in [5.41, 5.74) is 6.21. The smallest absolute Gasteiger partial charge is 0.435 e. The van der Waals surface area contributed by atoms with Gasteiger partial charge in [0.25, 0.3) is 0 Å². The van der Waals surface area contributed by atoms with Gasteiger partial charge in [0.15, 0.2) is 5.69 Å². The molecule has 4 aromatic rings. The minimum atomic E-state index is -4.64. The summed E-state index contributed by atoms with van der Waals surface area (Å²) in [5, 5.41) is 15.3. The van der Waals surface area contributed by atoms with Gasteiger partial charge in [-0.3, -0.25) is 9.48 Å². The van der Waals surface area contributed by atoms with Crippen LogP contribution in [0.4, 0.5) is 13.2 Å². The summed E-state index contributed by atoms with van der Waals surface area (Å²) in [6, 6.07) is 17.0. The second-order valence-corrected chi connectivity index (χ2v) is 8.16. The van der Waals surface area contributed by atoms with Gasteiger partial charge in [-0.25, -0.2) is 0 Å². The quantitative estimate of drug-likeness (QED) is 0.349. The number of primary amides is 1. The molecule has 35 heavy (non-hydrogen) atoms. The summed E-state index contributed by atoms with van der Waals surface area (Å²) in [6.07, 6.45) is -4.64. The standard InChI is InChI=1S/C25H19ClF3N3O3/c1-32-19(12-21(31-32)25(27,28)29)18-10-11-20(35-13-14-2-8-17(26)9-3-14)22(23(18)33)15-4-6-16(7-5-15)24(30)34/h2-12,33H,13H2,1H3,(H2,30,34). The van der Waals surface area contributed by atoms with Crippen molar-refractivity contribution in [3.8, 4) is 33.9 Å². The van der Waals surface area contributed by atoms with Gasteiger partial charge in [-0.15, -0.1) is 0 Å². The van der Waals surface area contributed by atoms with Crippen LogP contribution in [0.2, 0.25) is 5.02 Å². The van der Waals surface area contributed by atoms with Crippen molar-refractivity contribution >= 4 is 17.5 Å². The second-order valence-electron chi connectivity index (χ2n) is 7.73. The molecular formula is C25H19ClF3N3O3. The molecule has 4 rings (SSSR count). The summed E-state index contributed by atoms with van der Waals surface area (Å²) in [5.74, 6) is -0.642. The molecule has 0 aliphatic carbocycles. The molecule has 180 valence electrons. The number of ether oxygens (including phenoxy) is 1. The number of hydrogen-bond acceptors (Lipinski definition) is 4. The highest BCUT2D eigenvalue weighted by Crippen LogP contribution is 2.45. The number of rotatable bonds is 6. The van der Waals surface area contributed by atoms with Crippen LogP contribution in [0.1, 0.15) is 21.6 Å². The lowest BCUT2D eigenvalue weighted by atomic mass is 9.97. The minimum Gasteiger partial charge on any atom is -0.506 e. The molecular weight excluding hydrogens is 483 g/mol. The molecule has 1 aromatic heterocycles. The molecule has 6 nitrogen and oxygen atoms in total. The zero-order valence-corrected chi connectivity index (χ0v) is 19.1. The highest BCUT2D eigenvalue weighted by Gasteiger charge is 2.35. The fourth-order valence-corrected chi connectivity index (χ4v) is 3.71. The van der Waals surface area contributed by atoms with Crippen LogP contribution in [-0.4, -0.2) is 20.8 Å². The van der Waals surface area contributed by atoms with E-state index in [1.807, 2.05) is 0 Å². The number of amides is 1. The van der Waals surface area contributed by atoms with Gasteiger partial charge in [0.1, 0.15) is 18.1 Å². The van der Waals surface area contributed by atoms with Crippen LogP contribution in [0.25, 0.3) is 22.4 Å². The Bertz CT molecular complexity index is 1380. The first kappa shape index (κ1) is 24.2. The van der Waals surface area contributed by atoms with Gasteiger partial charge in [0.05, 0.1) is 11.3 Å². The topological polar surface area (TPSA) is 90.4 Å². The number of aryl methyl sites for hydroxylation is 1. The summed E-state index contributed by atoms with van der Waals surface area (Å²) in [4.78, 5) is 11.5. The number of phenolic OH excluding ortho intramolecular Hbond substituents is 1. The Labute approximate surface area is 203 Å². The number of benzene rings is 3. The third-order valence-electron chi connectivity index (χ3n) is 5.35. The summed E-state index contributed by atoms with van der Waals surface area (Å²) >= 11 is 5.92. The molecule has 0 atom stereocenters. The van der Waals surface area contributed by atoms with Crippen LogP contribution in [0.3, 0.4) is 0 Å². The number of halogens is 4. The van der Waals surface area contributed by atoms with Crippen molar-refractivity contribution in [1.82, 2.24) is 9.78 Å². The zero-order chi connectivity index (χ0) is 25.3. The highest BCUT2D eigenvalue weighted by molar-refractivity contribution is 6.30. The van der Waals surface area contributed by atoms with E-state index < -0.39 is 17.8 Å². The minimum absolute atomic E-state index is 0.0640. The first-order valence-electron chi connectivity index (χ1n) is 10.3. The maximum Gasteiger partial charge on any atom is 0.435 e. The molecule has 3 aromatic carbocycles. The summed E-state index contributed by atoms with van der Waals surface area (Å²) in [7, 11) is 1.36. The Morgan fingerprint density at radius 1 is 1.09 bits per heavy atom. The number of carbonyl (C=O) groups is 1. The highest BCUT2D eigenvalue weighted by atomic mass is 35.5. The number of aromatic hydroxyl groups is 1. The van der Waals surface area contributed by atoms with Crippen LogP contribution >= 0.6 is 11.6 Å². The molecule has 0 unspecified atom stereocenters. The van der Waals surface area contributed by atoms with E-state index in [0.717, 1.165) is 16.3 Å². The zero-order valence-electron chi connectivity index (χ0n) is 18.3. The third kappa shape index (κ3) is 5.09. The fraction of sp³-hybridized carbons (Fsp3) is 0.120. The van der Waals surface area contributed by atoms with Crippen LogP contribution in [-0.2, 0) is 19.8 Å². The number of aromatic nitrogens is 2. The predicted octanol–water partition coefficient (Wildman–Crippen LogP) is 5.81. The first-order valence-corrected chi connectivity index (χ1v) is 10.7. The van der Waals surface area contributed by atoms with Gasteiger partial charge in [0.2, 0.25) is 5.91 Å². The molecule has 0 saturated heterocycles. The van der Waals surface area contributed by atoms with Crippen molar-refractivity contribution < 1.29 is 27.8 Å². The lowest BCUT2D eigenvalue weighted by Gasteiger charge is -2.17. The van der Waals surface area contributed by atoms with Crippen LogP contribution in [0, 0.1) is 0 Å². The van der Waals surface area contributed by atoms with Gasteiger partial charge < -0.3 is 15.6 Å². The monoisotopic (exact) mass is 501 g/mol. The second kappa shape index (κ2) is 9.34. The van der Waals surface area contributed by atoms with Crippen molar-refractivity contribution in [2.45, 2.75) is 12.8 Å². The van der Waals surface area contributed by atoms with E-state index in [1.165, 1.54) is 25.2 Å². The van der Waals surface area contributed by atoms with Gasteiger partial charge in [-0.1, -0.05) is 35.9 Å². The van der Waals surface area contributed by atoms with E-state index >= 15 is 0 Å². The average molecular weight is 502 g/mol. The van der Waals surface area contributed by atoms with E-state index in [1.54, 1.807) is 42.5 Å². The van der Waals surface area contributed by atoms with Crippen molar-refractivity contribution in [2.75, 3.05) is 0 Å². The Balaban J connectivity index is 1.81. The molecule has 0 bridgehead atoms. The number of carbonyl (C=O) groups excluding carboxylic acids is 1. The first-order chi connectivity index (χ1) is 16.5. The van der Waals surface area contributed by atoms with Gasteiger partial charge in [0, 0.05) is 23.2 Å². The van der Waals surface area contributed by atoms with Gasteiger partial charge in [-0.2, -0.15) is 18.3 Å². The van der Waals surface area contributed by atoms with Crippen molar-refractivity contribution in [2.24, 2.45) is 12.8 Å². The summed E-state index contributed by atoms with van der Waals surface area (Å²) < 4.78 is 46.6. The number of phenols is 1. The molecule has 0 aliphatic rings. The number of alkyl halides is 3. The van der Waals surface area contributed by atoms with Gasteiger partial charge in [-0.05, 0) is 53.6 Å². The van der Waals surface area contributed by atoms with Crippen LogP contribution in [0.5, 0.6) is 11.5 Å². The number of nitrogens with zero attached hydrogens (tertiary/aromatic N) is 2. The van der Waals surface area contributed by atoms with E-state index in [-0.39, 0.29) is 40.5 Å². The Kier molecular flexibility index (Phi) is 6.45. The molecule has 10 heteroatoms. The number of hydrogen-bond donors (Lipinski definition) is 2. The molecule has 0 radical (unpaired) electrons. The summed E-state index contributed by atoms with van der Waals surface area (Å²) in [6.45, 7) is 0.145. The lowest BCUT2D eigenvalue weighted by Crippen LogP contribution is -2.10. The lowest BCUT2D eigenvalue weighted by molar-refractivity contribution is -0.141. The van der Waals surface area contributed by atoms with Crippen LogP contribution < -0.4 is 10.5 Å². The van der Waals surface area contributed by atoms with E-state index in [2.05, 4.69) is 5.10 Å². The van der Waals surface area contributed by atoms with E-state index in [4.69, 9.17) is 22.1 Å². The Morgan fingerprint density at radius 2 is 1.74 bits per heavy atom. The molecule has 0 aliphatic heterocycles. The van der Waals surface area contributed by atoms with Crippen LogP contribution in [0.15, 0.2) is 66.7 Å². The molecule has 0 spiro atoms. The van der Waals surface area contributed by atoms with Crippen molar-refractivity contribution in [3.05, 3.63) is 88.6 Å². The molecule has 3 N–H and O–H groups in total. The molecule has 1 heterocycles.